The molecule has 10 nitrogen and oxygen atoms in total. The molecular formula is C29H31N5O5. The molecule has 2 aromatic heterocycles. The number of imidazole rings is 1. The minimum absolute atomic E-state index is 0.0541. The number of nitrogens with one attached hydrogen (secondary N) is 1. The van der Waals surface area contributed by atoms with E-state index in [0.29, 0.717) is 35.6 Å². The van der Waals surface area contributed by atoms with Crippen molar-refractivity contribution in [2.24, 2.45) is 7.05 Å². The van der Waals surface area contributed by atoms with E-state index in [-0.39, 0.29) is 37.4 Å². The van der Waals surface area contributed by atoms with Crippen LogP contribution in [-0.2, 0) is 27.9 Å². The Bertz CT molecular complexity index is 1450. The van der Waals surface area contributed by atoms with Crippen LogP contribution in [0.3, 0.4) is 0 Å². The zero-order chi connectivity index (χ0) is 27.8. The van der Waals surface area contributed by atoms with Gasteiger partial charge in [0, 0.05) is 31.0 Å². The minimum atomic E-state index is -0.376. The highest BCUT2D eigenvalue weighted by molar-refractivity contribution is 6.07. The molecular weight excluding hydrogens is 498 g/mol. The summed E-state index contributed by atoms with van der Waals surface area (Å²) in [5.74, 6) is 0.206. The summed E-state index contributed by atoms with van der Waals surface area (Å²) in [6, 6.07) is 17.7. The highest BCUT2D eigenvalue weighted by Crippen LogP contribution is 2.21. The van der Waals surface area contributed by atoms with Gasteiger partial charge >= 0.3 is 11.9 Å². The van der Waals surface area contributed by atoms with Gasteiger partial charge in [-0.05, 0) is 68.4 Å². The Balaban J connectivity index is 1.51. The van der Waals surface area contributed by atoms with Crippen LogP contribution in [0.5, 0.6) is 0 Å². The molecule has 0 saturated heterocycles. The van der Waals surface area contributed by atoms with E-state index in [9.17, 15) is 14.4 Å². The number of nitrogens with zero attached hydrogens (tertiary/aromatic N) is 4. The standard InChI is InChI=1S/C29H31N5O5/c1-4-38-27(35)15-17-34(25-8-6-7-16-30-25)28(36)21-11-14-24-23(18-21)32-26(33(24)3)19-31-22-12-9-20(10-13-22)29(37)39-5-2/h6-14,16,18,31H,4-5,15,17,19H2,1-3H3. The molecule has 0 aliphatic rings. The molecule has 0 aliphatic heterocycles. The van der Waals surface area contributed by atoms with Crippen LogP contribution in [0.15, 0.2) is 66.9 Å². The van der Waals surface area contributed by atoms with E-state index in [1.165, 1.54) is 4.90 Å². The van der Waals surface area contributed by atoms with Gasteiger partial charge in [0.25, 0.3) is 5.91 Å². The summed E-state index contributed by atoms with van der Waals surface area (Å²) in [6.45, 7) is 4.70. The quantitative estimate of drug-likeness (QED) is 0.285. The molecule has 1 N–H and O–H groups in total. The van der Waals surface area contributed by atoms with Gasteiger partial charge in [-0.1, -0.05) is 6.07 Å². The fourth-order valence-corrected chi connectivity index (χ4v) is 4.09. The largest absolute Gasteiger partial charge is 0.466 e. The molecule has 39 heavy (non-hydrogen) atoms. The van der Waals surface area contributed by atoms with Crippen molar-refractivity contribution in [1.82, 2.24) is 14.5 Å². The second kappa shape index (κ2) is 12.7. The number of rotatable bonds is 11. The molecule has 10 heteroatoms. The Hall–Kier alpha value is -4.73. The fraction of sp³-hybridized carbons (Fsp3) is 0.276. The third-order valence-corrected chi connectivity index (χ3v) is 6.08. The summed E-state index contributed by atoms with van der Waals surface area (Å²) >= 11 is 0. The summed E-state index contributed by atoms with van der Waals surface area (Å²) in [7, 11) is 1.91. The van der Waals surface area contributed by atoms with Gasteiger partial charge in [0.15, 0.2) is 0 Å². The first kappa shape index (κ1) is 27.3. The van der Waals surface area contributed by atoms with Crippen molar-refractivity contribution in [2.75, 3.05) is 30.0 Å². The number of hydrogen-bond acceptors (Lipinski definition) is 8. The van der Waals surface area contributed by atoms with E-state index in [0.717, 1.165) is 17.0 Å². The zero-order valence-electron chi connectivity index (χ0n) is 22.2. The van der Waals surface area contributed by atoms with Crippen LogP contribution in [0.4, 0.5) is 11.5 Å². The Labute approximate surface area is 226 Å². The lowest BCUT2D eigenvalue weighted by atomic mass is 10.1. The van der Waals surface area contributed by atoms with Crippen LogP contribution in [0.1, 0.15) is 46.8 Å². The molecule has 0 saturated carbocycles. The summed E-state index contributed by atoms with van der Waals surface area (Å²) in [4.78, 5) is 47.9. The van der Waals surface area contributed by atoms with Crippen molar-refractivity contribution < 1.29 is 23.9 Å². The van der Waals surface area contributed by atoms with E-state index in [4.69, 9.17) is 14.5 Å². The van der Waals surface area contributed by atoms with Gasteiger partial charge in [0.1, 0.15) is 11.6 Å². The third-order valence-electron chi connectivity index (χ3n) is 6.08. The Morgan fingerprint density at radius 2 is 1.69 bits per heavy atom. The average molecular weight is 530 g/mol. The highest BCUT2D eigenvalue weighted by Gasteiger charge is 2.21. The summed E-state index contributed by atoms with van der Waals surface area (Å²) in [6.07, 6.45) is 1.66. The topological polar surface area (TPSA) is 116 Å². The van der Waals surface area contributed by atoms with Crippen LogP contribution >= 0.6 is 0 Å². The fourth-order valence-electron chi connectivity index (χ4n) is 4.09. The van der Waals surface area contributed by atoms with Crippen molar-refractivity contribution in [3.05, 3.63) is 83.8 Å². The monoisotopic (exact) mass is 529 g/mol. The SMILES string of the molecule is CCOC(=O)CCN(C(=O)c1ccc2c(c1)nc(CNc1ccc(C(=O)OCC)cc1)n2C)c1ccccn1. The molecule has 0 unspecified atom stereocenters. The molecule has 0 atom stereocenters. The molecule has 2 aromatic carbocycles. The summed E-state index contributed by atoms with van der Waals surface area (Å²) in [5.41, 5.74) is 3.30. The van der Waals surface area contributed by atoms with Gasteiger partial charge in [-0.25, -0.2) is 14.8 Å². The molecule has 4 rings (SSSR count). The third kappa shape index (κ3) is 6.59. The first-order valence-electron chi connectivity index (χ1n) is 12.8. The predicted molar refractivity (Wildman–Crippen MR) is 148 cm³/mol. The Morgan fingerprint density at radius 3 is 2.38 bits per heavy atom. The van der Waals surface area contributed by atoms with Crippen LogP contribution in [0.2, 0.25) is 0 Å². The maximum Gasteiger partial charge on any atom is 0.338 e. The van der Waals surface area contributed by atoms with Gasteiger partial charge in [-0.2, -0.15) is 0 Å². The molecule has 1 amide bonds. The first-order valence-corrected chi connectivity index (χ1v) is 12.8. The van der Waals surface area contributed by atoms with E-state index in [1.807, 2.05) is 29.8 Å². The maximum absolute atomic E-state index is 13.5. The highest BCUT2D eigenvalue weighted by atomic mass is 16.5. The number of carbonyl (C=O) groups is 3. The number of aryl methyl sites for hydroxylation is 1. The molecule has 0 fully saturated rings. The van der Waals surface area contributed by atoms with E-state index < -0.39 is 0 Å². The van der Waals surface area contributed by atoms with Gasteiger partial charge in [-0.15, -0.1) is 0 Å². The number of anilines is 2. The van der Waals surface area contributed by atoms with E-state index >= 15 is 0 Å². The Kier molecular flexibility index (Phi) is 8.88. The van der Waals surface area contributed by atoms with Gasteiger partial charge in [0.2, 0.25) is 0 Å². The van der Waals surface area contributed by atoms with Crippen molar-refractivity contribution in [3.63, 3.8) is 0 Å². The smallest absolute Gasteiger partial charge is 0.338 e. The normalized spacial score (nSPS) is 10.7. The number of aromatic nitrogens is 3. The molecule has 0 spiro atoms. The number of pyridine rings is 1. The van der Waals surface area contributed by atoms with Crippen LogP contribution in [0.25, 0.3) is 11.0 Å². The summed E-state index contributed by atoms with van der Waals surface area (Å²) < 4.78 is 12.0. The van der Waals surface area contributed by atoms with Gasteiger partial charge < -0.3 is 19.4 Å². The van der Waals surface area contributed by atoms with Crippen molar-refractivity contribution >= 4 is 40.4 Å². The first-order chi connectivity index (χ1) is 18.9. The number of amides is 1. The predicted octanol–water partition coefficient (Wildman–Crippen LogP) is 4.36. The zero-order valence-corrected chi connectivity index (χ0v) is 22.2. The molecule has 0 aliphatic carbocycles. The van der Waals surface area contributed by atoms with Crippen LogP contribution in [0, 0.1) is 0 Å². The second-order valence-corrected chi connectivity index (χ2v) is 8.64. The summed E-state index contributed by atoms with van der Waals surface area (Å²) in [5, 5.41) is 3.31. The lowest BCUT2D eigenvalue weighted by Crippen LogP contribution is -2.34. The average Bonchev–Trinajstić information content (AvgIpc) is 3.27. The minimum Gasteiger partial charge on any atom is -0.466 e. The van der Waals surface area contributed by atoms with E-state index in [2.05, 4.69) is 10.3 Å². The number of esters is 2. The number of hydrogen-bond donors (Lipinski definition) is 1. The molecule has 4 aromatic rings. The van der Waals surface area contributed by atoms with Crippen molar-refractivity contribution in [3.8, 4) is 0 Å². The van der Waals surface area contributed by atoms with Crippen LogP contribution in [-0.4, -0.2) is 52.1 Å². The maximum atomic E-state index is 13.5. The number of ether oxygens (including phenoxy) is 2. The van der Waals surface area contributed by atoms with Crippen molar-refractivity contribution in [1.29, 1.82) is 0 Å². The van der Waals surface area contributed by atoms with Gasteiger partial charge in [0.05, 0.1) is 42.8 Å². The second-order valence-electron chi connectivity index (χ2n) is 8.64. The van der Waals surface area contributed by atoms with Crippen LogP contribution < -0.4 is 10.2 Å². The molecule has 0 bridgehead atoms. The molecule has 0 radical (unpaired) electrons. The van der Waals surface area contributed by atoms with E-state index in [1.54, 1.807) is 62.5 Å². The number of fused-ring (bicyclic) bond motifs is 1. The lowest BCUT2D eigenvalue weighted by molar-refractivity contribution is -0.142. The molecule has 2 heterocycles. The lowest BCUT2D eigenvalue weighted by Gasteiger charge is -2.21. The Morgan fingerprint density at radius 1 is 0.949 bits per heavy atom. The van der Waals surface area contributed by atoms with Crippen molar-refractivity contribution in [2.45, 2.75) is 26.8 Å². The van der Waals surface area contributed by atoms with Gasteiger partial charge in [-0.3, -0.25) is 14.5 Å². The number of carbonyl (C=O) groups excluding carboxylic acids is 3. The number of benzene rings is 2. The molecule has 202 valence electrons.